The monoisotopic (exact) mass is 330 g/mol. The lowest BCUT2D eigenvalue weighted by molar-refractivity contribution is -0.137. The van der Waals surface area contributed by atoms with Gasteiger partial charge in [-0.05, 0) is 30.7 Å². The molecular formula is C15H13F3O3S. The molecular weight excluding hydrogens is 317 g/mol. The lowest BCUT2D eigenvalue weighted by Gasteiger charge is -2.10. The second-order valence-corrected chi connectivity index (χ2v) is 6.37. The topological polar surface area (TPSA) is 43.4 Å². The maximum atomic E-state index is 12.6. The van der Waals surface area contributed by atoms with Crippen molar-refractivity contribution in [3.63, 3.8) is 0 Å². The lowest BCUT2D eigenvalue weighted by Crippen LogP contribution is -2.13. The van der Waals surface area contributed by atoms with Gasteiger partial charge in [-0.25, -0.2) is 0 Å². The Morgan fingerprint density at radius 3 is 2.27 bits per heavy atom. The van der Waals surface area contributed by atoms with Crippen molar-refractivity contribution in [1.29, 1.82) is 0 Å². The molecule has 0 bridgehead atoms. The molecule has 0 amide bonds. The molecule has 7 heteroatoms. The van der Waals surface area contributed by atoms with Crippen LogP contribution in [0.2, 0.25) is 0 Å². The number of halogens is 3. The van der Waals surface area contributed by atoms with Crippen LogP contribution < -0.4 is 4.18 Å². The molecule has 2 aromatic carbocycles. The summed E-state index contributed by atoms with van der Waals surface area (Å²) in [7, 11) is -4.03. The number of hydrogen-bond donors (Lipinski definition) is 0. The van der Waals surface area contributed by atoms with Gasteiger partial charge in [0.25, 0.3) is 0 Å². The molecule has 0 radical (unpaired) electrons. The third kappa shape index (κ3) is 4.49. The van der Waals surface area contributed by atoms with Crippen molar-refractivity contribution in [1.82, 2.24) is 0 Å². The van der Waals surface area contributed by atoms with Gasteiger partial charge in [0.15, 0.2) is 0 Å². The van der Waals surface area contributed by atoms with Gasteiger partial charge in [-0.1, -0.05) is 35.9 Å². The molecule has 22 heavy (non-hydrogen) atoms. The Balaban J connectivity index is 2.17. The van der Waals surface area contributed by atoms with Gasteiger partial charge in [-0.15, -0.1) is 0 Å². The molecule has 0 aliphatic heterocycles. The second-order valence-electron chi connectivity index (χ2n) is 4.80. The number of alkyl halides is 3. The number of hydrogen-bond acceptors (Lipinski definition) is 3. The fourth-order valence-electron chi connectivity index (χ4n) is 1.81. The van der Waals surface area contributed by atoms with E-state index >= 15 is 0 Å². The molecule has 0 aliphatic rings. The molecule has 0 aliphatic carbocycles. The van der Waals surface area contributed by atoms with Crippen LogP contribution in [0.1, 0.15) is 16.7 Å². The molecule has 0 aromatic heterocycles. The first-order chi connectivity index (χ1) is 10.2. The summed E-state index contributed by atoms with van der Waals surface area (Å²) in [5.41, 5.74) is 0.0556. The largest absolute Gasteiger partial charge is 0.416 e. The molecule has 0 atom stereocenters. The van der Waals surface area contributed by atoms with E-state index in [4.69, 9.17) is 4.18 Å². The Bertz CT molecular complexity index is 750. The van der Waals surface area contributed by atoms with Crippen molar-refractivity contribution in [3.05, 3.63) is 65.2 Å². The highest BCUT2D eigenvalue weighted by molar-refractivity contribution is 7.86. The summed E-state index contributed by atoms with van der Waals surface area (Å²) in [4.78, 5) is 0. The number of aryl methyl sites for hydroxylation is 1. The highest BCUT2D eigenvalue weighted by atomic mass is 32.2. The van der Waals surface area contributed by atoms with Gasteiger partial charge in [-0.3, -0.25) is 0 Å². The Labute approximate surface area is 126 Å². The van der Waals surface area contributed by atoms with Gasteiger partial charge in [-0.2, -0.15) is 21.6 Å². The predicted molar refractivity (Wildman–Crippen MR) is 75.9 cm³/mol. The zero-order chi connectivity index (χ0) is 16.4. The highest BCUT2D eigenvalue weighted by Gasteiger charge is 2.30. The lowest BCUT2D eigenvalue weighted by atomic mass is 10.1. The Morgan fingerprint density at radius 2 is 1.68 bits per heavy atom. The molecule has 0 spiro atoms. The molecule has 2 aromatic rings. The molecule has 2 rings (SSSR count). The van der Waals surface area contributed by atoms with Crippen LogP contribution in [-0.2, 0) is 22.0 Å². The van der Waals surface area contributed by atoms with Gasteiger partial charge in [0.2, 0.25) is 0 Å². The Kier molecular flexibility index (Phi) is 4.46. The first kappa shape index (κ1) is 16.4. The molecule has 0 saturated heterocycles. The van der Waals surface area contributed by atoms with E-state index < -0.39 is 27.6 Å². The minimum absolute atomic E-state index is 0.0157. The first-order valence-electron chi connectivity index (χ1n) is 6.31. The van der Waals surface area contributed by atoms with Gasteiger partial charge >= 0.3 is 16.3 Å². The Morgan fingerprint density at radius 1 is 1.05 bits per heavy atom. The summed E-state index contributed by atoms with van der Waals surface area (Å²) < 4.78 is 66.5. The molecule has 118 valence electrons. The van der Waals surface area contributed by atoms with Gasteiger partial charge in [0, 0.05) is 0 Å². The second kappa shape index (κ2) is 6.00. The summed E-state index contributed by atoms with van der Waals surface area (Å²) in [6, 6.07) is 10.5. The fraction of sp³-hybridized carbons (Fsp3) is 0.200. The van der Waals surface area contributed by atoms with Crippen molar-refractivity contribution in [2.45, 2.75) is 18.9 Å². The fourth-order valence-corrected chi connectivity index (χ4v) is 2.86. The van der Waals surface area contributed by atoms with Crippen molar-refractivity contribution in [2.75, 3.05) is 0 Å². The maximum absolute atomic E-state index is 12.6. The van der Waals surface area contributed by atoms with Crippen LogP contribution in [0.15, 0.2) is 48.5 Å². The van der Waals surface area contributed by atoms with Crippen LogP contribution in [0.5, 0.6) is 5.75 Å². The van der Waals surface area contributed by atoms with Crippen molar-refractivity contribution >= 4 is 10.1 Å². The van der Waals surface area contributed by atoms with E-state index in [1.165, 1.54) is 24.3 Å². The van der Waals surface area contributed by atoms with Crippen LogP contribution in [0.3, 0.4) is 0 Å². The molecule has 0 fully saturated rings. The molecule has 0 unspecified atom stereocenters. The molecule has 0 N–H and O–H groups in total. The van der Waals surface area contributed by atoms with E-state index in [9.17, 15) is 21.6 Å². The Hall–Kier alpha value is -2.02. The smallest absolute Gasteiger partial charge is 0.382 e. The van der Waals surface area contributed by atoms with Gasteiger partial charge < -0.3 is 4.18 Å². The third-order valence-electron chi connectivity index (χ3n) is 2.84. The van der Waals surface area contributed by atoms with Gasteiger partial charge in [0.1, 0.15) is 11.5 Å². The highest BCUT2D eigenvalue weighted by Crippen LogP contribution is 2.30. The summed E-state index contributed by atoms with van der Waals surface area (Å²) >= 11 is 0. The SMILES string of the molecule is Cc1ccc(OS(=O)(=O)Cc2cccc(C(F)(F)F)c2)cc1. The predicted octanol–water partition coefficient (Wildman–Crippen LogP) is 3.92. The zero-order valence-electron chi connectivity index (χ0n) is 11.6. The van der Waals surface area contributed by atoms with Crippen LogP contribution in [0, 0.1) is 6.92 Å². The standard InChI is InChI=1S/C15H13F3O3S/c1-11-5-7-14(8-6-11)21-22(19,20)10-12-3-2-4-13(9-12)15(16,17)18/h2-9H,10H2,1H3. The minimum atomic E-state index is -4.52. The summed E-state index contributed by atoms with van der Waals surface area (Å²) in [6.45, 7) is 1.83. The zero-order valence-corrected chi connectivity index (χ0v) is 12.4. The van der Waals surface area contributed by atoms with Crippen molar-refractivity contribution < 1.29 is 25.8 Å². The van der Waals surface area contributed by atoms with E-state index in [0.29, 0.717) is 0 Å². The van der Waals surface area contributed by atoms with Crippen LogP contribution in [0.4, 0.5) is 13.2 Å². The van der Waals surface area contributed by atoms with Crippen LogP contribution in [0.25, 0.3) is 0 Å². The third-order valence-corrected chi connectivity index (χ3v) is 3.98. The normalized spacial score (nSPS) is 12.2. The summed E-state index contributed by atoms with van der Waals surface area (Å²) in [6.07, 6.45) is -4.52. The summed E-state index contributed by atoms with van der Waals surface area (Å²) in [5.74, 6) is -0.511. The maximum Gasteiger partial charge on any atom is 0.416 e. The van der Waals surface area contributed by atoms with E-state index in [-0.39, 0.29) is 11.3 Å². The van der Waals surface area contributed by atoms with E-state index in [1.54, 1.807) is 12.1 Å². The molecule has 0 saturated carbocycles. The number of benzene rings is 2. The van der Waals surface area contributed by atoms with E-state index in [0.717, 1.165) is 17.7 Å². The first-order valence-corrected chi connectivity index (χ1v) is 7.88. The minimum Gasteiger partial charge on any atom is -0.382 e. The average molecular weight is 330 g/mol. The molecule has 0 heterocycles. The quantitative estimate of drug-likeness (QED) is 0.798. The summed E-state index contributed by atoms with van der Waals surface area (Å²) in [5, 5.41) is 0. The van der Waals surface area contributed by atoms with Gasteiger partial charge in [0.05, 0.1) is 5.56 Å². The number of rotatable bonds is 4. The average Bonchev–Trinajstić information content (AvgIpc) is 2.40. The van der Waals surface area contributed by atoms with Crippen LogP contribution >= 0.6 is 0 Å². The van der Waals surface area contributed by atoms with Crippen LogP contribution in [-0.4, -0.2) is 8.42 Å². The van der Waals surface area contributed by atoms with Crippen molar-refractivity contribution in [2.24, 2.45) is 0 Å². The van der Waals surface area contributed by atoms with E-state index in [1.807, 2.05) is 6.92 Å². The van der Waals surface area contributed by atoms with E-state index in [2.05, 4.69) is 0 Å². The molecule has 3 nitrogen and oxygen atoms in total. The van der Waals surface area contributed by atoms with Crippen molar-refractivity contribution in [3.8, 4) is 5.75 Å².